The fraction of sp³-hybridized carbons (Fsp3) is 0.269. The number of ether oxygens (including phenoxy) is 2. The number of hydrogen-bond acceptors (Lipinski definition) is 3. The van der Waals surface area contributed by atoms with E-state index >= 15 is 0 Å². The van der Waals surface area contributed by atoms with Crippen molar-refractivity contribution in [1.82, 2.24) is 0 Å². The molecule has 1 N–H and O–H groups in total. The molecule has 0 saturated carbocycles. The third-order valence-electron chi connectivity index (χ3n) is 5.13. The first kappa shape index (κ1) is 21.4. The van der Waals surface area contributed by atoms with Gasteiger partial charge in [-0.05, 0) is 87.7 Å². The summed E-state index contributed by atoms with van der Waals surface area (Å²) in [7, 11) is 0. The largest absolute Gasteiger partial charge is 0.493 e. The van der Waals surface area contributed by atoms with Crippen LogP contribution in [-0.4, -0.2) is 12.5 Å². The van der Waals surface area contributed by atoms with E-state index < -0.39 is 0 Å². The van der Waals surface area contributed by atoms with Gasteiger partial charge in [-0.3, -0.25) is 4.79 Å². The summed E-state index contributed by atoms with van der Waals surface area (Å²) in [6.45, 7) is 11.0. The quantitative estimate of drug-likeness (QED) is 0.515. The maximum Gasteiger partial charge on any atom is 0.255 e. The van der Waals surface area contributed by atoms with Crippen molar-refractivity contribution < 1.29 is 14.3 Å². The van der Waals surface area contributed by atoms with E-state index in [1.165, 1.54) is 11.1 Å². The van der Waals surface area contributed by atoms with E-state index in [0.29, 0.717) is 18.8 Å². The highest BCUT2D eigenvalue weighted by Gasteiger charge is 2.13. The summed E-state index contributed by atoms with van der Waals surface area (Å²) in [6, 6.07) is 17.4. The minimum absolute atomic E-state index is 0.155. The van der Waals surface area contributed by atoms with Crippen LogP contribution in [0, 0.1) is 27.7 Å². The van der Waals surface area contributed by atoms with Gasteiger partial charge in [-0.25, -0.2) is 0 Å². The van der Waals surface area contributed by atoms with Crippen molar-refractivity contribution in [3.05, 3.63) is 88.0 Å². The van der Waals surface area contributed by atoms with Gasteiger partial charge in [0.05, 0.1) is 6.61 Å². The van der Waals surface area contributed by atoms with Crippen LogP contribution in [0.1, 0.15) is 45.1 Å². The number of benzene rings is 3. The molecule has 3 rings (SSSR count). The van der Waals surface area contributed by atoms with Gasteiger partial charge in [-0.15, -0.1) is 0 Å². The Balaban J connectivity index is 1.80. The van der Waals surface area contributed by atoms with Gasteiger partial charge in [0.2, 0.25) is 0 Å². The predicted molar refractivity (Wildman–Crippen MR) is 122 cm³/mol. The fourth-order valence-corrected chi connectivity index (χ4v) is 3.24. The van der Waals surface area contributed by atoms with E-state index in [9.17, 15) is 4.79 Å². The van der Waals surface area contributed by atoms with Crippen molar-refractivity contribution in [2.45, 2.75) is 41.2 Å². The fourth-order valence-electron chi connectivity index (χ4n) is 3.24. The lowest BCUT2D eigenvalue weighted by Gasteiger charge is -2.14. The van der Waals surface area contributed by atoms with Gasteiger partial charge in [0, 0.05) is 16.8 Å². The molecule has 4 heteroatoms. The van der Waals surface area contributed by atoms with E-state index in [-0.39, 0.29) is 5.91 Å². The summed E-state index contributed by atoms with van der Waals surface area (Å²) < 4.78 is 11.7. The van der Waals surface area contributed by atoms with Gasteiger partial charge in [0.25, 0.3) is 5.91 Å². The molecule has 0 aliphatic heterocycles. The Morgan fingerprint density at radius 1 is 0.833 bits per heavy atom. The first-order valence-corrected chi connectivity index (χ1v) is 10.2. The van der Waals surface area contributed by atoms with E-state index in [1.54, 1.807) is 6.07 Å². The Labute approximate surface area is 178 Å². The Bertz CT molecular complexity index is 1060. The lowest BCUT2D eigenvalue weighted by molar-refractivity contribution is 0.102. The second-order valence-corrected chi connectivity index (χ2v) is 7.56. The molecule has 0 aliphatic rings. The van der Waals surface area contributed by atoms with Crippen LogP contribution < -0.4 is 14.8 Å². The second kappa shape index (κ2) is 9.49. The molecule has 0 aromatic heterocycles. The number of nitrogens with one attached hydrogen (secondary N) is 1. The van der Waals surface area contributed by atoms with Crippen molar-refractivity contribution in [2.24, 2.45) is 0 Å². The highest BCUT2D eigenvalue weighted by Crippen LogP contribution is 2.25. The molecule has 0 spiro atoms. The summed E-state index contributed by atoms with van der Waals surface area (Å²) in [5.41, 5.74) is 6.82. The van der Waals surface area contributed by atoms with Crippen molar-refractivity contribution in [1.29, 1.82) is 0 Å². The Hall–Kier alpha value is -3.27. The van der Waals surface area contributed by atoms with Gasteiger partial charge < -0.3 is 14.8 Å². The van der Waals surface area contributed by atoms with Crippen molar-refractivity contribution in [2.75, 3.05) is 11.9 Å². The zero-order valence-corrected chi connectivity index (χ0v) is 18.3. The molecule has 0 radical (unpaired) electrons. The zero-order valence-electron chi connectivity index (χ0n) is 18.3. The molecule has 4 nitrogen and oxygen atoms in total. The first-order chi connectivity index (χ1) is 14.4. The first-order valence-electron chi connectivity index (χ1n) is 10.2. The number of hydrogen-bond donors (Lipinski definition) is 1. The smallest absolute Gasteiger partial charge is 0.255 e. The lowest BCUT2D eigenvalue weighted by Crippen LogP contribution is -2.14. The number of amides is 1. The molecule has 0 fully saturated rings. The van der Waals surface area contributed by atoms with E-state index in [4.69, 9.17) is 9.47 Å². The molecule has 156 valence electrons. The maximum absolute atomic E-state index is 12.8. The number of anilines is 1. The average Bonchev–Trinajstić information content (AvgIpc) is 2.72. The summed E-state index contributed by atoms with van der Waals surface area (Å²) in [5, 5.41) is 3.00. The molecule has 30 heavy (non-hydrogen) atoms. The number of rotatable bonds is 7. The highest BCUT2D eigenvalue weighted by atomic mass is 16.5. The minimum Gasteiger partial charge on any atom is -0.493 e. The third-order valence-corrected chi connectivity index (χ3v) is 5.13. The molecule has 0 unspecified atom stereocenters. The summed E-state index contributed by atoms with van der Waals surface area (Å²) in [6.07, 6.45) is 0. The van der Waals surface area contributed by atoms with E-state index in [2.05, 4.69) is 25.2 Å². The minimum atomic E-state index is -0.155. The highest BCUT2D eigenvalue weighted by molar-refractivity contribution is 6.04. The molecule has 1 amide bonds. The van der Waals surface area contributed by atoms with Gasteiger partial charge in [-0.1, -0.05) is 23.8 Å². The van der Waals surface area contributed by atoms with Crippen LogP contribution in [0.3, 0.4) is 0 Å². The van der Waals surface area contributed by atoms with Crippen molar-refractivity contribution >= 4 is 11.6 Å². The Kier molecular flexibility index (Phi) is 6.78. The lowest BCUT2D eigenvalue weighted by atomic mass is 10.1. The molecular weight excluding hydrogens is 374 g/mol. The number of carbonyl (C=O) groups is 1. The van der Waals surface area contributed by atoms with Gasteiger partial charge >= 0.3 is 0 Å². The molecule has 0 bridgehead atoms. The summed E-state index contributed by atoms with van der Waals surface area (Å²) in [4.78, 5) is 12.8. The van der Waals surface area contributed by atoms with Gasteiger partial charge in [0.15, 0.2) is 0 Å². The van der Waals surface area contributed by atoms with Crippen LogP contribution >= 0.6 is 0 Å². The summed E-state index contributed by atoms with van der Waals surface area (Å²) >= 11 is 0. The SMILES string of the molecule is CCOc1ccc(C(=O)Nc2ccc(C)cc2C)cc1COc1ccc(C)c(C)c1. The second-order valence-electron chi connectivity index (χ2n) is 7.56. The predicted octanol–water partition coefficient (Wildman–Crippen LogP) is 6.15. The topological polar surface area (TPSA) is 47.6 Å². The van der Waals surface area contributed by atoms with Crippen LogP contribution in [0.15, 0.2) is 54.6 Å². The normalized spacial score (nSPS) is 10.6. The zero-order chi connectivity index (χ0) is 21.7. The standard InChI is InChI=1S/C26H29NO3/c1-6-29-25-12-9-21(26(28)27-24-11-7-17(2)13-20(24)5)15-22(25)16-30-23-10-8-18(3)19(4)14-23/h7-15H,6,16H2,1-5H3,(H,27,28). The maximum atomic E-state index is 12.8. The Morgan fingerprint density at radius 3 is 2.33 bits per heavy atom. The van der Waals surface area contributed by atoms with Gasteiger partial charge in [-0.2, -0.15) is 0 Å². The molecular formula is C26H29NO3. The number of carbonyl (C=O) groups excluding carboxylic acids is 1. The van der Waals surface area contributed by atoms with Gasteiger partial charge in [0.1, 0.15) is 18.1 Å². The Morgan fingerprint density at radius 2 is 1.63 bits per heavy atom. The van der Waals surface area contributed by atoms with Crippen LogP contribution in [-0.2, 0) is 6.61 Å². The molecule has 0 aliphatic carbocycles. The monoisotopic (exact) mass is 403 g/mol. The van der Waals surface area contributed by atoms with Crippen LogP contribution in [0.4, 0.5) is 5.69 Å². The average molecular weight is 404 g/mol. The summed E-state index contributed by atoms with van der Waals surface area (Å²) in [5.74, 6) is 1.37. The van der Waals surface area contributed by atoms with Crippen molar-refractivity contribution in [3.8, 4) is 11.5 Å². The van der Waals surface area contributed by atoms with Crippen LogP contribution in [0.25, 0.3) is 0 Å². The third kappa shape index (κ3) is 5.20. The van der Waals surface area contributed by atoms with Crippen LogP contribution in [0.5, 0.6) is 11.5 Å². The number of aryl methyl sites for hydroxylation is 4. The van der Waals surface area contributed by atoms with Crippen molar-refractivity contribution in [3.63, 3.8) is 0 Å². The van der Waals surface area contributed by atoms with E-state index in [1.807, 2.05) is 63.2 Å². The molecule has 0 atom stereocenters. The molecule has 3 aromatic carbocycles. The molecule has 3 aromatic rings. The molecule has 0 heterocycles. The van der Waals surface area contributed by atoms with Crippen LogP contribution in [0.2, 0.25) is 0 Å². The van der Waals surface area contributed by atoms with E-state index in [0.717, 1.165) is 33.9 Å². The molecule has 0 saturated heterocycles.